The van der Waals surface area contributed by atoms with E-state index in [1.54, 1.807) is 0 Å². The topological polar surface area (TPSA) is 92.3 Å². The van der Waals surface area contributed by atoms with Crippen LogP contribution in [0.2, 0.25) is 0 Å². The van der Waals surface area contributed by atoms with E-state index in [0.29, 0.717) is 19.4 Å². The summed E-state index contributed by atoms with van der Waals surface area (Å²) < 4.78 is 37.9. The molecule has 0 aromatic carbocycles. The molecule has 1 aromatic heterocycles. The minimum absolute atomic E-state index is 0.0305. The predicted molar refractivity (Wildman–Crippen MR) is 67.2 cm³/mol. The molecule has 1 amide bonds. The Morgan fingerprint density at radius 3 is 2.86 bits per heavy atom. The molecule has 1 saturated heterocycles. The highest BCUT2D eigenvalue weighted by molar-refractivity contribution is 5.75. The van der Waals surface area contributed by atoms with Gasteiger partial charge in [0.2, 0.25) is 11.9 Å². The number of hydrogen-bond donors (Lipinski definition) is 2. The minimum Gasteiger partial charge on any atom is -0.388 e. The molecule has 1 aliphatic rings. The van der Waals surface area contributed by atoms with Crippen molar-refractivity contribution in [2.75, 3.05) is 18.0 Å². The van der Waals surface area contributed by atoms with Crippen LogP contribution in [0.5, 0.6) is 0 Å². The van der Waals surface area contributed by atoms with Gasteiger partial charge in [0.1, 0.15) is 5.69 Å². The van der Waals surface area contributed by atoms with Crippen LogP contribution in [-0.2, 0) is 11.0 Å². The number of aromatic nitrogens is 2. The summed E-state index contributed by atoms with van der Waals surface area (Å²) in [7, 11) is 0. The summed E-state index contributed by atoms with van der Waals surface area (Å²) in [6.45, 7) is 0.375. The zero-order chi connectivity index (χ0) is 15.7. The summed E-state index contributed by atoms with van der Waals surface area (Å²) in [5.74, 6) is -0.781. The van der Waals surface area contributed by atoms with Crippen molar-refractivity contribution in [1.82, 2.24) is 9.97 Å². The van der Waals surface area contributed by atoms with Gasteiger partial charge in [0.05, 0.1) is 18.6 Å². The predicted octanol–water partition coefficient (Wildman–Crippen LogP) is 0.702. The summed E-state index contributed by atoms with van der Waals surface area (Å²) >= 11 is 0. The number of piperidine rings is 1. The molecule has 1 atom stereocenters. The summed E-state index contributed by atoms with van der Waals surface area (Å²) in [5, 5.41) is 10.3. The number of rotatable bonds is 3. The van der Waals surface area contributed by atoms with Gasteiger partial charge in [-0.25, -0.2) is 9.97 Å². The van der Waals surface area contributed by atoms with Crippen LogP contribution in [0.4, 0.5) is 19.1 Å². The average Bonchev–Trinajstić information content (AvgIpc) is 2.36. The molecular weight excluding hydrogens is 289 g/mol. The average molecular weight is 304 g/mol. The quantitative estimate of drug-likeness (QED) is 0.857. The molecule has 1 aromatic rings. The number of aliphatic hydroxyl groups is 1. The molecule has 1 fully saturated rings. The van der Waals surface area contributed by atoms with E-state index in [0.717, 1.165) is 12.3 Å². The molecule has 0 saturated carbocycles. The maximum absolute atomic E-state index is 12.6. The number of carbonyl (C=O) groups excluding carboxylic acids is 1. The van der Waals surface area contributed by atoms with Crippen LogP contribution in [0.25, 0.3) is 0 Å². The molecule has 2 rings (SSSR count). The number of carbonyl (C=O) groups is 1. The first-order valence-corrected chi connectivity index (χ1v) is 6.35. The highest BCUT2D eigenvalue weighted by Gasteiger charge is 2.37. The van der Waals surface area contributed by atoms with Gasteiger partial charge in [-0.1, -0.05) is 0 Å². The lowest BCUT2D eigenvalue weighted by atomic mass is 9.89. The van der Waals surface area contributed by atoms with E-state index >= 15 is 0 Å². The fourth-order valence-electron chi connectivity index (χ4n) is 2.41. The first-order valence-electron chi connectivity index (χ1n) is 6.35. The second kappa shape index (κ2) is 5.47. The molecule has 0 bridgehead atoms. The minimum atomic E-state index is -4.56. The molecule has 0 spiro atoms. The van der Waals surface area contributed by atoms with E-state index in [1.165, 1.54) is 4.90 Å². The largest absolute Gasteiger partial charge is 0.433 e. The molecule has 9 heteroatoms. The molecule has 6 nitrogen and oxygen atoms in total. The van der Waals surface area contributed by atoms with E-state index < -0.39 is 23.4 Å². The van der Waals surface area contributed by atoms with Gasteiger partial charge in [0.15, 0.2) is 0 Å². The van der Waals surface area contributed by atoms with Gasteiger partial charge in [-0.05, 0) is 18.9 Å². The normalized spacial score (nSPS) is 23.1. The zero-order valence-corrected chi connectivity index (χ0v) is 11.1. The summed E-state index contributed by atoms with van der Waals surface area (Å²) in [6.07, 6.45) is -2.93. The monoisotopic (exact) mass is 304 g/mol. The Kier molecular flexibility index (Phi) is 4.04. The Bertz CT molecular complexity index is 537. The lowest BCUT2D eigenvalue weighted by molar-refractivity contribution is -0.141. The molecule has 0 aliphatic carbocycles. The fourth-order valence-corrected chi connectivity index (χ4v) is 2.41. The number of hydrogen-bond acceptors (Lipinski definition) is 5. The molecule has 116 valence electrons. The zero-order valence-electron chi connectivity index (χ0n) is 11.1. The highest BCUT2D eigenvalue weighted by atomic mass is 19.4. The maximum atomic E-state index is 12.6. The Hall–Kier alpha value is -1.90. The van der Waals surface area contributed by atoms with Crippen molar-refractivity contribution in [2.45, 2.75) is 31.0 Å². The second-order valence-electron chi connectivity index (χ2n) is 5.13. The Balaban J connectivity index is 2.20. The van der Waals surface area contributed by atoms with E-state index in [9.17, 15) is 23.1 Å². The van der Waals surface area contributed by atoms with Crippen molar-refractivity contribution in [1.29, 1.82) is 0 Å². The molecule has 1 unspecified atom stereocenters. The number of nitrogens with zero attached hydrogens (tertiary/aromatic N) is 3. The number of primary amides is 1. The first kappa shape index (κ1) is 15.5. The highest BCUT2D eigenvalue weighted by Crippen LogP contribution is 2.30. The number of amides is 1. The lowest BCUT2D eigenvalue weighted by Gasteiger charge is -2.38. The van der Waals surface area contributed by atoms with Crippen LogP contribution < -0.4 is 10.6 Å². The van der Waals surface area contributed by atoms with Crippen LogP contribution in [0, 0.1) is 0 Å². The van der Waals surface area contributed by atoms with Crippen molar-refractivity contribution in [2.24, 2.45) is 5.73 Å². The fraction of sp³-hybridized carbons (Fsp3) is 0.583. The molecule has 1 aliphatic heterocycles. The van der Waals surface area contributed by atoms with Gasteiger partial charge in [-0.15, -0.1) is 0 Å². The van der Waals surface area contributed by atoms with Crippen LogP contribution in [-0.4, -0.2) is 39.7 Å². The first-order chi connectivity index (χ1) is 9.70. The van der Waals surface area contributed by atoms with Crippen molar-refractivity contribution >= 4 is 11.9 Å². The number of alkyl halides is 3. The van der Waals surface area contributed by atoms with Crippen LogP contribution in [0.15, 0.2) is 12.3 Å². The Labute approximate surface area is 118 Å². The standard InChI is InChI=1S/C12H15F3N4O2/c13-12(14,15)8-2-4-17-10(18-8)19-5-1-3-11(21,7-19)6-9(16)20/h2,4,21H,1,3,5-7H2,(H2,16,20). The lowest BCUT2D eigenvalue weighted by Crippen LogP contribution is -2.50. The van der Waals surface area contributed by atoms with Gasteiger partial charge >= 0.3 is 6.18 Å². The molecule has 21 heavy (non-hydrogen) atoms. The number of anilines is 1. The van der Waals surface area contributed by atoms with Gasteiger partial charge in [0, 0.05) is 12.7 Å². The van der Waals surface area contributed by atoms with Crippen molar-refractivity contribution in [3.05, 3.63) is 18.0 Å². The molecule has 3 N–H and O–H groups in total. The summed E-state index contributed by atoms with van der Waals surface area (Å²) in [4.78, 5) is 19.7. The Morgan fingerprint density at radius 1 is 1.52 bits per heavy atom. The van der Waals surface area contributed by atoms with E-state index in [-0.39, 0.29) is 18.9 Å². The van der Waals surface area contributed by atoms with Gasteiger partial charge in [-0.3, -0.25) is 4.79 Å². The molecule has 2 heterocycles. The van der Waals surface area contributed by atoms with Crippen molar-refractivity contribution in [3.8, 4) is 0 Å². The van der Waals surface area contributed by atoms with Gasteiger partial charge in [0.25, 0.3) is 0 Å². The van der Waals surface area contributed by atoms with Crippen LogP contribution in [0.1, 0.15) is 25.0 Å². The van der Waals surface area contributed by atoms with Crippen LogP contribution in [0.3, 0.4) is 0 Å². The summed E-state index contributed by atoms with van der Waals surface area (Å²) in [5.41, 5.74) is 2.67. The number of halogens is 3. The molecular formula is C12H15F3N4O2. The third-order valence-electron chi connectivity index (χ3n) is 3.27. The third-order valence-corrected chi connectivity index (χ3v) is 3.27. The van der Waals surface area contributed by atoms with Crippen LogP contribution >= 0.6 is 0 Å². The smallest absolute Gasteiger partial charge is 0.388 e. The van der Waals surface area contributed by atoms with Gasteiger partial charge in [-0.2, -0.15) is 13.2 Å². The maximum Gasteiger partial charge on any atom is 0.433 e. The number of β-amino-alcohol motifs (C(OH)–C–C–N with tert-alkyl or cyclic N) is 1. The number of nitrogens with two attached hydrogens (primary N) is 1. The van der Waals surface area contributed by atoms with E-state index in [4.69, 9.17) is 5.73 Å². The summed E-state index contributed by atoms with van der Waals surface area (Å²) in [6, 6.07) is 0.781. The molecule has 0 radical (unpaired) electrons. The van der Waals surface area contributed by atoms with Crippen molar-refractivity contribution in [3.63, 3.8) is 0 Å². The van der Waals surface area contributed by atoms with Crippen molar-refractivity contribution < 1.29 is 23.1 Å². The SMILES string of the molecule is NC(=O)CC1(O)CCCN(c2nccc(C(F)(F)F)n2)C1. The van der Waals surface area contributed by atoms with E-state index in [1.807, 2.05) is 0 Å². The second-order valence-corrected chi connectivity index (χ2v) is 5.13. The Morgan fingerprint density at radius 2 is 2.24 bits per heavy atom. The van der Waals surface area contributed by atoms with Gasteiger partial charge < -0.3 is 15.7 Å². The van der Waals surface area contributed by atoms with E-state index in [2.05, 4.69) is 9.97 Å². The third kappa shape index (κ3) is 3.81.